The molecule has 1 aliphatic heterocycles. The van der Waals surface area contributed by atoms with Crippen molar-refractivity contribution in [2.75, 3.05) is 0 Å². The number of fused-ring (bicyclic) bond motifs is 1. The molecule has 0 fully saturated rings. The van der Waals surface area contributed by atoms with E-state index in [0.29, 0.717) is 12.2 Å². The molecule has 3 heteroatoms. The number of esters is 1. The number of rotatable bonds is 1. The maximum absolute atomic E-state index is 11.3. The number of hydrogen-bond acceptors (Lipinski definition) is 3. The lowest BCUT2D eigenvalue weighted by molar-refractivity contribution is 0.0534. The number of nitrogens with zero attached hydrogens (tertiary/aromatic N) is 1. The highest BCUT2D eigenvalue weighted by Crippen LogP contribution is 2.25. The molecule has 0 aromatic carbocycles. The number of aryl methyl sites for hydroxylation is 2. The lowest BCUT2D eigenvalue weighted by Crippen LogP contribution is -2.03. The predicted molar refractivity (Wildman–Crippen MR) is 47.5 cm³/mol. The van der Waals surface area contributed by atoms with E-state index in [1.54, 1.807) is 6.20 Å². The molecule has 68 valence electrons. The van der Waals surface area contributed by atoms with Crippen LogP contribution in [0.2, 0.25) is 0 Å². The maximum Gasteiger partial charge on any atom is 0.340 e. The molecular formula is C10H11NO2. The summed E-state index contributed by atoms with van der Waals surface area (Å²) in [6.07, 6.45) is 2.58. The van der Waals surface area contributed by atoms with Gasteiger partial charge in [0.05, 0.1) is 11.3 Å². The Bertz CT molecular complexity index is 371. The van der Waals surface area contributed by atoms with Crippen molar-refractivity contribution in [1.82, 2.24) is 4.98 Å². The monoisotopic (exact) mass is 177 g/mol. The van der Waals surface area contributed by atoms with Crippen molar-refractivity contribution >= 4 is 5.97 Å². The second kappa shape index (κ2) is 2.83. The minimum absolute atomic E-state index is 0.219. The van der Waals surface area contributed by atoms with Gasteiger partial charge in [-0.25, -0.2) is 4.79 Å². The lowest BCUT2D eigenvalue weighted by atomic mass is 10.0. The number of carbonyl (C=O) groups excluding carboxylic acids is 1. The summed E-state index contributed by atoms with van der Waals surface area (Å²) in [7, 11) is 0. The molecule has 0 saturated carbocycles. The molecule has 0 saturated heterocycles. The first-order chi connectivity index (χ1) is 6.24. The highest BCUT2D eigenvalue weighted by atomic mass is 16.5. The van der Waals surface area contributed by atoms with Crippen LogP contribution >= 0.6 is 0 Å². The highest BCUT2D eigenvalue weighted by Gasteiger charge is 2.26. The summed E-state index contributed by atoms with van der Waals surface area (Å²) >= 11 is 0. The quantitative estimate of drug-likeness (QED) is 0.612. The third-order valence-corrected chi connectivity index (χ3v) is 2.37. The van der Waals surface area contributed by atoms with Crippen LogP contribution < -0.4 is 0 Å². The molecule has 0 N–H and O–H groups in total. The second-order valence-electron chi connectivity index (χ2n) is 3.17. The molecule has 1 aromatic heterocycles. The molecule has 0 unspecified atom stereocenters. The van der Waals surface area contributed by atoms with Gasteiger partial charge in [-0.1, -0.05) is 6.92 Å². The van der Waals surface area contributed by atoms with Crippen LogP contribution in [0.5, 0.6) is 0 Å². The van der Waals surface area contributed by atoms with E-state index in [1.165, 1.54) is 0 Å². The van der Waals surface area contributed by atoms with E-state index >= 15 is 0 Å². The van der Waals surface area contributed by atoms with Crippen LogP contribution in [-0.4, -0.2) is 11.0 Å². The third-order valence-electron chi connectivity index (χ3n) is 2.37. The molecule has 0 atom stereocenters. The molecule has 2 heterocycles. The first-order valence-corrected chi connectivity index (χ1v) is 4.38. The van der Waals surface area contributed by atoms with E-state index in [9.17, 15) is 4.79 Å². The molecule has 1 aromatic rings. The number of cyclic esters (lactones) is 1. The Morgan fingerprint density at radius 3 is 3.08 bits per heavy atom. The fourth-order valence-electron chi connectivity index (χ4n) is 1.59. The van der Waals surface area contributed by atoms with Gasteiger partial charge in [0.15, 0.2) is 0 Å². The molecule has 13 heavy (non-hydrogen) atoms. The van der Waals surface area contributed by atoms with E-state index < -0.39 is 0 Å². The van der Waals surface area contributed by atoms with E-state index in [2.05, 4.69) is 4.98 Å². The van der Waals surface area contributed by atoms with Crippen molar-refractivity contribution in [2.24, 2.45) is 0 Å². The SMILES string of the molecule is CCc1ncc(C)c2c1C(=O)OC2. The van der Waals surface area contributed by atoms with Gasteiger partial charge in [-0.05, 0) is 18.9 Å². The van der Waals surface area contributed by atoms with E-state index in [-0.39, 0.29) is 5.97 Å². The number of carbonyl (C=O) groups is 1. The Kier molecular flexibility index (Phi) is 1.79. The Balaban J connectivity index is 2.66. The van der Waals surface area contributed by atoms with Crippen LogP contribution in [0.1, 0.15) is 34.1 Å². The standard InChI is InChI=1S/C10H11NO2/c1-3-8-9-7(5-13-10(9)12)6(2)4-11-8/h4H,3,5H2,1-2H3. The van der Waals surface area contributed by atoms with Crippen molar-refractivity contribution in [2.45, 2.75) is 26.9 Å². The van der Waals surface area contributed by atoms with Gasteiger partial charge in [-0.3, -0.25) is 4.98 Å². The second-order valence-corrected chi connectivity index (χ2v) is 3.17. The largest absolute Gasteiger partial charge is 0.457 e. The zero-order valence-corrected chi connectivity index (χ0v) is 7.76. The smallest absolute Gasteiger partial charge is 0.340 e. The van der Waals surface area contributed by atoms with E-state index in [1.807, 2.05) is 13.8 Å². The lowest BCUT2D eigenvalue weighted by Gasteiger charge is -2.03. The highest BCUT2D eigenvalue weighted by molar-refractivity contribution is 5.94. The minimum Gasteiger partial charge on any atom is -0.457 e. The number of hydrogen-bond donors (Lipinski definition) is 0. The van der Waals surface area contributed by atoms with E-state index in [4.69, 9.17) is 4.74 Å². The number of pyridine rings is 1. The van der Waals surface area contributed by atoms with Crippen molar-refractivity contribution in [3.63, 3.8) is 0 Å². The van der Waals surface area contributed by atoms with Crippen LogP contribution in [0, 0.1) is 6.92 Å². The summed E-state index contributed by atoms with van der Waals surface area (Å²) in [5.74, 6) is -0.219. The predicted octanol–water partition coefficient (Wildman–Crippen LogP) is 1.62. The topological polar surface area (TPSA) is 39.2 Å². The first kappa shape index (κ1) is 8.23. The summed E-state index contributed by atoms with van der Waals surface area (Å²) in [6, 6.07) is 0. The average molecular weight is 177 g/mol. The van der Waals surface area contributed by atoms with Gasteiger partial charge in [-0.15, -0.1) is 0 Å². The molecule has 0 amide bonds. The molecule has 0 aliphatic carbocycles. The first-order valence-electron chi connectivity index (χ1n) is 4.38. The van der Waals surface area contributed by atoms with Gasteiger partial charge in [-0.2, -0.15) is 0 Å². The number of aromatic nitrogens is 1. The molecule has 2 rings (SSSR count). The minimum atomic E-state index is -0.219. The third kappa shape index (κ3) is 1.11. The Morgan fingerprint density at radius 1 is 1.62 bits per heavy atom. The van der Waals surface area contributed by atoms with Crippen molar-refractivity contribution < 1.29 is 9.53 Å². The Hall–Kier alpha value is -1.38. The van der Waals surface area contributed by atoms with Crippen LogP contribution in [0.25, 0.3) is 0 Å². The summed E-state index contributed by atoms with van der Waals surface area (Å²) in [6.45, 7) is 4.35. The fourth-order valence-corrected chi connectivity index (χ4v) is 1.59. The van der Waals surface area contributed by atoms with Gasteiger partial charge >= 0.3 is 5.97 Å². The van der Waals surface area contributed by atoms with Gasteiger partial charge in [0.25, 0.3) is 0 Å². The average Bonchev–Trinajstić information content (AvgIpc) is 2.51. The van der Waals surface area contributed by atoms with Gasteiger partial charge in [0.2, 0.25) is 0 Å². The summed E-state index contributed by atoms with van der Waals surface area (Å²) in [5, 5.41) is 0. The zero-order chi connectivity index (χ0) is 9.42. The molecule has 0 radical (unpaired) electrons. The van der Waals surface area contributed by atoms with Crippen LogP contribution in [0.3, 0.4) is 0 Å². The maximum atomic E-state index is 11.3. The van der Waals surface area contributed by atoms with Crippen LogP contribution in [0.4, 0.5) is 0 Å². The number of ether oxygens (including phenoxy) is 1. The zero-order valence-electron chi connectivity index (χ0n) is 7.76. The molecular weight excluding hydrogens is 166 g/mol. The van der Waals surface area contributed by atoms with Crippen molar-refractivity contribution in [3.05, 3.63) is 28.6 Å². The molecule has 3 nitrogen and oxygen atoms in total. The normalized spacial score (nSPS) is 14.2. The van der Waals surface area contributed by atoms with Crippen molar-refractivity contribution in [1.29, 1.82) is 0 Å². The summed E-state index contributed by atoms with van der Waals surface area (Å²) in [4.78, 5) is 15.6. The van der Waals surface area contributed by atoms with Gasteiger partial charge < -0.3 is 4.74 Å². The molecule has 0 spiro atoms. The summed E-state index contributed by atoms with van der Waals surface area (Å²) < 4.78 is 4.97. The van der Waals surface area contributed by atoms with Crippen molar-refractivity contribution in [3.8, 4) is 0 Å². The summed E-state index contributed by atoms with van der Waals surface area (Å²) in [5.41, 5.74) is 3.60. The van der Waals surface area contributed by atoms with Crippen LogP contribution in [0.15, 0.2) is 6.20 Å². The Morgan fingerprint density at radius 2 is 2.38 bits per heavy atom. The van der Waals surface area contributed by atoms with E-state index in [0.717, 1.165) is 23.2 Å². The van der Waals surface area contributed by atoms with Crippen LogP contribution in [-0.2, 0) is 17.8 Å². The van der Waals surface area contributed by atoms with Gasteiger partial charge in [0, 0.05) is 11.8 Å². The molecule has 0 bridgehead atoms. The Labute approximate surface area is 76.7 Å². The van der Waals surface area contributed by atoms with Gasteiger partial charge in [0.1, 0.15) is 6.61 Å². The molecule has 1 aliphatic rings. The fraction of sp³-hybridized carbons (Fsp3) is 0.400.